The molecule has 0 bridgehead atoms. The lowest BCUT2D eigenvalue weighted by Crippen LogP contribution is -2.55. The monoisotopic (exact) mass is 305 g/mol. The Morgan fingerprint density at radius 3 is 2.45 bits per heavy atom. The fourth-order valence-corrected chi connectivity index (χ4v) is 2.86. The Kier molecular flexibility index (Phi) is 5.29. The Hall–Kier alpha value is -1.75. The molecule has 0 aromatic heterocycles. The number of carbonyl (C=O) groups excluding carboxylic acids is 1. The molecule has 0 radical (unpaired) electrons. The largest absolute Gasteiger partial charge is 0.489 e. The molecule has 0 saturated carbocycles. The van der Waals surface area contributed by atoms with Gasteiger partial charge in [0.15, 0.2) is 0 Å². The van der Waals surface area contributed by atoms with E-state index in [9.17, 15) is 4.79 Å². The van der Waals surface area contributed by atoms with Crippen molar-refractivity contribution in [3.05, 3.63) is 18.2 Å². The quantitative estimate of drug-likeness (QED) is 0.849. The Balaban J connectivity index is 2.25. The summed E-state index contributed by atoms with van der Waals surface area (Å²) in [5.41, 5.74) is 1.85. The number of nitrogens with one attached hydrogen (secondary N) is 1. The van der Waals surface area contributed by atoms with E-state index in [0.717, 1.165) is 24.5 Å². The second-order valence-corrected chi connectivity index (χ2v) is 6.38. The third-order valence-electron chi connectivity index (χ3n) is 4.27. The smallest absolute Gasteiger partial charge is 0.211 e. The minimum Gasteiger partial charge on any atom is -0.489 e. The minimum absolute atomic E-state index is 0.0628. The van der Waals surface area contributed by atoms with E-state index < -0.39 is 0 Å². The predicted octanol–water partition coefficient (Wildman–Crippen LogP) is 2.57. The number of nitrogens with zero attached hydrogens (tertiary/aromatic N) is 2. The Morgan fingerprint density at radius 1 is 1.27 bits per heavy atom. The normalized spacial score (nSPS) is 22.7. The summed E-state index contributed by atoms with van der Waals surface area (Å²) in [6.07, 6.45) is 0.746. The van der Waals surface area contributed by atoms with E-state index in [2.05, 4.69) is 36.0 Å². The van der Waals surface area contributed by atoms with Crippen molar-refractivity contribution in [2.75, 3.05) is 30.4 Å². The number of anilines is 2. The van der Waals surface area contributed by atoms with Gasteiger partial charge in [-0.05, 0) is 46.9 Å². The SMILES string of the molecule is CC(C)Oc1cc(N2CC(C)N(C)C(C)C2)ccc1NC=O. The molecular formula is C17H27N3O2. The molecule has 1 N–H and O–H groups in total. The van der Waals surface area contributed by atoms with E-state index in [1.54, 1.807) is 0 Å². The zero-order chi connectivity index (χ0) is 16.3. The number of benzene rings is 1. The minimum atomic E-state index is 0.0628. The Bertz CT molecular complexity index is 507. The highest BCUT2D eigenvalue weighted by atomic mass is 16.5. The number of hydrogen-bond donors (Lipinski definition) is 1. The number of piperazine rings is 1. The first kappa shape index (κ1) is 16.6. The summed E-state index contributed by atoms with van der Waals surface area (Å²) in [5.74, 6) is 0.721. The van der Waals surface area contributed by atoms with Gasteiger partial charge in [-0.15, -0.1) is 0 Å². The summed E-state index contributed by atoms with van der Waals surface area (Å²) in [6, 6.07) is 6.99. The van der Waals surface area contributed by atoms with Gasteiger partial charge in [0.05, 0.1) is 11.8 Å². The summed E-state index contributed by atoms with van der Waals surface area (Å²) in [5, 5.41) is 2.70. The van der Waals surface area contributed by atoms with Crippen LogP contribution in [0.2, 0.25) is 0 Å². The van der Waals surface area contributed by atoms with Gasteiger partial charge in [-0.1, -0.05) is 0 Å². The lowest BCUT2D eigenvalue weighted by molar-refractivity contribution is -0.105. The first-order valence-corrected chi connectivity index (χ1v) is 7.90. The summed E-state index contributed by atoms with van der Waals surface area (Å²) in [6.45, 7) is 10.4. The van der Waals surface area contributed by atoms with Crippen LogP contribution in [0.5, 0.6) is 5.75 Å². The van der Waals surface area contributed by atoms with Gasteiger partial charge >= 0.3 is 0 Å². The third-order valence-corrected chi connectivity index (χ3v) is 4.27. The number of rotatable bonds is 5. The molecular weight excluding hydrogens is 278 g/mol. The standard InChI is InChI=1S/C17H27N3O2/c1-12(2)22-17-8-15(6-7-16(17)18-11-21)20-9-13(3)19(5)14(4)10-20/h6-8,11-14H,9-10H2,1-5H3,(H,18,21). The Morgan fingerprint density at radius 2 is 1.91 bits per heavy atom. The van der Waals surface area contributed by atoms with Crippen LogP contribution in [-0.2, 0) is 4.79 Å². The molecule has 1 aromatic rings. The van der Waals surface area contributed by atoms with Crippen molar-refractivity contribution < 1.29 is 9.53 Å². The molecule has 22 heavy (non-hydrogen) atoms. The van der Waals surface area contributed by atoms with Gasteiger partial charge in [0.1, 0.15) is 5.75 Å². The molecule has 1 aliphatic rings. The summed E-state index contributed by atoms with van der Waals surface area (Å²) in [7, 11) is 2.18. The van der Waals surface area contributed by atoms with Crippen LogP contribution in [0.1, 0.15) is 27.7 Å². The van der Waals surface area contributed by atoms with Crippen LogP contribution in [0, 0.1) is 0 Å². The van der Waals surface area contributed by atoms with E-state index in [1.807, 2.05) is 32.0 Å². The molecule has 1 saturated heterocycles. The predicted molar refractivity (Wildman–Crippen MR) is 90.8 cm³/mol. The van der Waals surface area contributed by atoms with Crippen LogP contribution in [0.3, 0.4) is 0 Å². The van der Waals surface area contributed by atoms with Crippen LogP contribution < -0.4 is 15.0 Å². The van der Waals surface area contributed by atoms with Gasteiger partial charge in [-0.2, -0.15) is 0 Å². The van der Waals surface area contributed by atoms with E-state index in [4.69, 9.17) is 4.74 Å². The highest BCUT2D eigenvalue weighted by Crippen LogP contribution is 2.32. The van der Waals surface area contributed by atoms with Crippen molar-refractivity contribution in [3.63, 3.8) is 0 Å². The summed E-state index contributed by atoms with van der Waals surface area (Å²) < 4.78 is 5.85. The van der Waals surface area contributed by atoms with Gasteiger partial charge < -0.3 is 15.0 Å². The first-order valence-electron chi connectivity index (χ1n) is 7.90. The molecule has 1 fully saturated rings. The van der Waals surface area contributed by atoms with Crippen molar-refractivity contribution in [1.82, 2.24) is 4.90 Å². The van der Waals surface area contributed by atoms with Crippen LogP contribution in [0.4, 0.5) is 11.4 Å². The molecule has 2 unspecified atom stereocenters. The second kappa shape index (κ2) is 7.01. The van der Waals surface area contributed by atoms with Crippen LogP contribution in [0.15, 0.2) is 18.2 Å². The molecule has 5 nitrogen and oxygen atoms in total. The average molecular weight is 305 g/mol. The lowest BCUT2D eigenvalue weighted by atomic mass is 10.1. The molecule has 1 aliphatic heterocycles. The molecule has 5 heteroatoms. The van der Waals surface area contributed by atoms with Crippen molar-refractivity contribution in [2.24, 2.45) is 0 Å². The maximum atomic E-state index is 10.7. The fourth-order valence-electron chi connectivity index (χ4n) is 2.86. The molecule has 2 atom stereocenters. The topological polar surface area (TPSA) is 44.8 Å². The maximum absolute atomic E-state index is 10.7. The van der Waals surface area contributed by atoms with Crippen LogP contribution in [-0.4, -0.2) is 49.6 Å². The van der Waals surface area contributed by atoms with Gasteiger partial charge in [0, 0.05) is 36.9 Å². The first-order chi connectivity index (χ1) is 10.4. The third kappa shape index (κ3) is 3.71. The van der Waals surface area contributed by atoms with Gasteiger partial charge in [-0.3, -0.25) is 9.69 Å². The van der Waals surface area contributed by atoms with E-state index in [0.29, 0.717) is 24.2 Å². The highest BCUT2D eigenvalue weighted by molar-refractivity contribution is 5.77. The van der Waals surface area contributed by atoms with E-state index in [1.165, 1.54) is 0 Å². The van der Waals surface area contributed by atoms with Crippen molar-refractivity contribution >= 4 is 17.8 Å². The average Bonchev–Trinajstić information content (AvgIpc) is 2.45. The number of hydrogen-bond acceptors (Lipinski definition) is 4. The van der Waals surface area contributed by atoms with E-state index in [-0.39, 0.29) is 6.10 Å². The molecule has 2 rings (SSSR count). The number of ether oxygens (including phenoxy) is 1. The number of amides is 1. The van der Waals surface area contributed by atoms with Crippen LogP contribution >= 0.6 is 0 Å². The number of likely N-dealkylation sites (N-methyl/N-ethyl adjacent to an activating group) is 1. The zero-order valence-corrected chi connectivity index (χ0v) is 14.2. The molecule has 1 heterocycles. The Labute approximate surface area is 133 Å². The molecule has 122 valence electrons. The summed E-state index contributed by atoms with van der Waals surface area (Å²) >= 11 is 0. The fraction of sp³-hybridized carbons (Fsp3) is 0.588. The zero-order valence-electron chi connectivity index (χ0n) is 14.2. The lowest BCUT2D eigenvalue weighted by Gasteiger charge is -2.43. The molecule has 1 amide bonds. The second-order valence-electron chi connectivity index (χ2n) is 6.38. The van der Waals surface area contributed by atoms with Crippen LogP contribution in [0.25, 0.3) is 0 Å². The van der Waals surface area contributed by atoms with Gasteiger partial charge in [0.2, 0.25) is 6.41 Å². The molecule has 0 aliphatic carbocycles. The summed E-state index contributed by atoms with van der Waals surface area (Å²) in [4.78, 5) is 15.5. The van der Waals surface area contributed by atoms with E-state index >= 15 is 0 Å². The number of carbonyl (C=O) groups is 1. The van der Waals surface area contributed by atoms with Gasteiger partial charge in [-0.25, -0.2) is 0 Å². The van der Waals surface area contributed by atoms with Gasteiger partial charge in [0.25, 0.3) is 0 Å². The molecule has 1 aromatic carbocycles. The van der Waals surface area contributed by atoms with Crippen molar-refractivity contribution in [3.8, 4) is 5.75 Å². The maximum Gasteiger partial charge on any atom is 0.211 e. The highest BCUT2D eigenvalue weighted by Gasteiger charge is 2.27. The molecule has 0 spiro atoms. The van der Waals surface area contributed by atoms with Crippen molar-refractivity contribution in [2.45, 2.75) is 45.9 Å². The van der Waals surface area contributed by atoms with Crippen molar-refractivity contribution in [1.29, 1.82) is 0 Å².